The van der Waals surface area contributed by atoms with Crippen LogP contribution in [0, 0.1) is 6.92 Å². The molecular weight excluding hydrogens is 242 g/mol. The fourth-order valence-electron chi connectivity index (χ4n) is 2.17. The normalized spacial score (nSPS) is 11.1. The van der Waals surface area contributed by atoms with Crippen LogP contribution in [0.3, 0.4) is 0 Å². The second-order valence-electron chi connectivity index (χ2n) is 4.28. The van der Waals surface area contributed by atoms with E-state index >= 15 is 0 Å². The van der Waals surface area contributed by atoms with E-state index in [1.54, 1.807) is 12.4 Å². The minimum absolute atomic E-state index is 0.278. The van der Waals surface area contributed by atoms with Gasteiger partial charge in [-0.1, -0.05) is 6.92 Å². The molecule has 1 N–H and O–H groups in total. The van der Waals surface area contributed by atoms with Crippen molar-refractivity contribution in [2.45, 2.75) is 20.3 Å². The van der Waals surface area contributed by atoms with Crippen LogP contribution in [0.15, 0.2) is 29.3 Å². The van der Waals surface area contributed by atoms with Gasteiger partial charge in [-0.3, -0.25) is 4.98 Å². The first-order chi connectivity index (χ1) is 9.22. The van der Waals surface area contributed by atoms with Crippen molar-refractivity contribution in [3.05, 3.63) is 46.3 Å². The first-order valence-electron chi connectivity index (χ1n) is 6.09. The number of aromatic amines is 1. The van der Waals surface area contributed by atoms with Crippen LogP contribution in [0.5, 0.6) is 0 Å². The minimum atomic E-state index is -0.278. The summed E-state index contributed by atoms with van der Waals surface area (Å²) in [5.41, 5.74) is 3.07. The molecule has 3 heterocycles. The van der Waals surface area contributed by atoms with Gasteiger partial charge in [0, 0.05) is 29.2 Å². The molecule has 0 aliphatic rings. The van der Waals surface area contributed by atoms with Crippen molar-refractivity contribution in [3.63, 3.8) is 0 Å². The standard InChI is InChI=1S/C13H13N5O/c1-3-10-8(2)11-16-17-13(19)18(11)12(15-10)9-4-6-14-7-5-9/h4-7H,3H2,1-2H3,(H,17,19). The van der Waals surface area contributed by atoms with E-state index in [0.717, 1.165) is 23.2 Å². The number of nitrogens with zero attached hydrogens (tertiary/aromatic N) is 4. The Morgan fingerprint density at radius 3 is 2.74 bits per heavy atom. The molecule has 6 nitrogen and oxygen atoms in total. The fraction of sp³-hybridized carbons (Fsp3) is 0.231. The third-order valence-electron chi connectivity index (χ3n) is 3.17. The second kappa shape index (κ2) is 4.31. The van der Waals surface area contributed by atoms with Crippen LogP contribution >= 0.6 is 0 Å². The van der Waals surface area contributed by atoms with Crippen molar-refractivity contribution in [3.8, 4) is 11.4 Å². The Balaban J connectivity index is 2.44. The molecule has 3 aromatic rings. The van der Waals surface area contributed by atoms with Gasteiger partial charge in [-0.25, -0.2) is 19.3 Å². The van der Waals surface area contributed by atoms with Gasteiger partial charge in [-0.15, -0.1) is 0 Å². The number of aryl methyl sites for hydroxylation is 2. The molecule has 3 rings (SSSR count). The highest BCUT2D eigenvalue weighted by Gasteiger charge is 2.14. The maximum Gasteiger partial charge on any atom is 0.349 e. The second-order valence-corrected chi connectivity index (χ2v) is 4.28. The summed E-state index contributed by atoms with van der Waals surface area (Å²) in [7, 11) is 0. The highest BCUT2D eigenvalue weighted by molar-refractivity contribution is 5.61. The first-order valence-corrected chi connectivity index (χ1v) is 6.09. The molecule has 0 radical (unpaired) electrons. The summed E-state index contributed by atoms with van der Waals surface area (Å²) in [5.74, 6) is 0.596. The van der Waals surface area contributed by atoms with E-state index < -0.39 is 0 Å². The third kappa shape index (κ3) is 1.72. The molecule has 0 saturated carbocycles. The number of nitrogens with one attached hydrogen (secondary N) is 1. The number of pyridine rings is 1. The molecule has 0 spiro atoms. The zero-order valence-corrected chi connectivity index (χ0v) is 10.7. The Morgan fingerprint density at radius 1 is 1.32 bits per heavy atom. The largest absolute Gasteiger partial charge is 0.349 e. The monoisotopic (exact) mass is 255 g/mol. The van der Waals surface area contributed by atoms with E-state index in [1.165, 1.54) is 4.40 Å². The van der Waals surface area contributed by atoms with Crippen molar-refractivity contribution < 1.29 is 0 Å². The van der Waals surface area contributed by atoms with Crippen LogP contribution in [0.2, 0.25) is 0 Å². The molecule has 96 valence electrons. The molecule has 0 bridgehead atoms. The number of fused-ring (bicyclic) bond motifs is 1. The number of hydrogen-bond donors (Lipinski definition) is 1. The third-order valence-corrected chi connectivity index (χ3v) is 3.17. The van der Waals surface area contributed by atoms with Gasteiger partial charge in [0.1, 0.15) is 5.82 Å². The number of rotatable bonds is 2. The van der Waals surface area contributed by atoms with Crippen molar-refractivity contribution >= 4 is 5.65 Å². The van der Waals surface area contributed by atoms with Crippen molar-refractivity contribution in [2.24, 2.45) is 0 Å². The number of H-pyrrole nitrogens is 1. The molecule has 6 heteroatoms. The Bertz CT molecular complexity index is 788. The van der Waals surface area contributed by atoms with Gasteiger partial charge >= 0.3 is 5.69 Å². The summed E-state index contributed by atoms with van der Waals surface area (Å²) in [4.78, 5) is 20.5. The molecule has 0 amide bonds. The lowest BCUT2D eigenvalue weighted by Crippen LogP contribution is -2.14. The van der Waals surface area contributed by atoms with Crippen LogP contribution in [-0.2, 0) is 6.42 Å². The predicted molar refractivity (Wildman–Crippen MR) is 71.0 cm³/mol. The molecule has 0 unspecified atom stereocenters. The Labute approximate surface area is 109 Å². The van der Waals surface area contributed by atoms with Crippen molar-refractivity contribution in [1.29, 1.82) is 0 Å². The quantitative estimate of drug-likeness (QED) is 0.750. The van der Waals surface area contributed by atoms with E-state index in [4.69, 9.17) is 0 Å². The van der Waals surface area contributed by atoms with Gasteiger partial charge in [0.15, 0.2) is 5.65 Å². The Kier molecular flexibility index (Phi) is 2.63. The maximum absolute atomic E-state index is 11.9. The zero-order chi connectivity index (χ0) is 13.4. The van der Waals surface area contributed by atoms with Gasteiger partial charge in [-0.05, 0) is 25.5 Å². The molecule has 0 aliphatic heterocycles. The van der Waals surface area contributed by atoms with E-state index in [9.17, 15) is 4.79 Å². The highest BCUT2D eigenvalue weighted by Crippen LogP contribution is 2.20. The van der Waals surface area contributed by atoms with E-state index in [2.05, 4.69) is 20.2 Å². The van der Waals surface area contributed by atoms with Gasteiger partial charge in [0.05, 0.1) is 0 Å². The summed E-state index contributed by atoms with van der Waals surface area (Å²) >= 11 is 0. The molecule has 19 heavy (non-hydrogen) atoms. The van der Waals surface area contributed by atoms with Crippen LogP contribution < -0.4 is 5.69 Å². The van der Waals surface area contributed by atoms with Gasteiger partial charge in [0.2, 0.25) is 0 Å². The first kappa shape index (κ1) is 11.6. The zero-order valence-electron chi connectivity index (χ0n) is 10.7. The van der Waals surface area contributed by atoms with Crippen LogP contribution in [0.25, 0.3) is 17.0 Å². The lowest BCUT2D eigenvalue weighted by Gasteiger charge is -2.09. The highest BCUT2D eigenvalue weighted by atomic mass is 16.1. The summed E-state index contributed by atoms with van der Waals surface area (Å²) in [6, 6.07) is 3.66. The molecule has 0 saturated heterocycles. The van der Waals surface area contributed by atoms with Crippen LogP contribution in [0.1, 0.15) is 18.2 Å². The predicted octanol–water partition coefficient (Wildman–Crippen LogP) is 1.35. The lowest BCUT2D eigenvalue weighted by molar-refractivity contribution is 0.944. The molecular formula is C13H13N5O. The molecule has 3 aromatic heterocycles. The van der Waals surface area contributed by atoms with E-state index in [-0.39, 0.29) is 5.69 Å². The smallest absolute Gasteiger partial charge is 0.265 e. The molecule has 0 aromatic carbocycles. The van der Waals surface area contributed by atoms with E-state index in [0.29, 0.717) is 11.5 Å². The van der Waals surface area contributed by atoms with E-state index in [1.807, 2.05) is 26.0 Å². The number of hydrogen-bond acceptors (Lipinski definition) is 4. The Hall–Kier alpha value is -2.50. The van der Waals surface area contributed by atoms with Crippen LogP contribution in [0.4, 0.5) is 0 Å². The maximum atomic E-state index is 11.9. The van der Waals surface area contributed by atoms with Gasteiger partial charge < -0.3 is 0 Å². The van der Waals surface area contributed by atoms with Crippen LogP contribution in [-0.4, -0.2) is 24.6 Å². The molecule has 0 atom stereocenters. The number of aromatic nitrogens is 5. The Morgan fingerprint density at radius 2 is 2.05 bits per heavy atom. The molecule has 0 fully saturated rings. The fourth-order valence-corrected chi connectivity index (χ4v) is 2.17. The summed E-state index contributed by atoms with van der Waals surface area (Å²) < 4.78 is 1.50. The van der Waals surface area contributed by atoms with Gasteiger partial charge in [0.25, 0.3) is 0 Å². The average Bonchev–Trinajstić information content (AvgIpc) is 2.83. The summed E-state index contributed by atoms with van der Waals surface area (Å²) in [6.45, 7) is 3.96. The van der Waals surface area contributed by atoms with Crippen molar-refractivity contribution in [2.75, 3.05) is 0 Å². The summed E-state index contributed by atoms with van der Waals surface area (Å²) in [5, 5.41) is 6.56. The topological polar surface area (TPSA) is 75.9 Å². The SMILES string of the molecule is CCc1nc(-c2ccncc2)n2c(=O)[nH]nc2c1C. The van der Waals surface area contributed by atoms with Gasteiger partial charge in [-0.2, -0.15) is 5.10 Å². The molecule has 0 aliphatic carbocycles. The van der Waals surface area contributed by atoms with Crippen molar-refractivity contribution in [1.82, 2.24) is 24.6 Å². The summed E-state index contributed by atoms with van der Waals surface area (Å²) in [6.07, 6.45) is 4.15. The average molecular weight is 255 g/mol. The lowest BCUT2D eigenvalue weighted by atomic mass is 10.1. The minimum Gasteiger partial charge on any atom is -0.265 e.